The Bertz CT molecular complexity index is 1060. The molecule has 0 bridgehead atoms. The molecule has 130 valence electrons. The van der Waals surface area contributed by atoms with Gasteiger partial charge in [0.2, 0.25) is 0 Å². The zero-order valence-corrected chi connectivity index (χ0v) is 16.1. The Hall–Kier alpha value is -2.57. The number of hydrogen-bond acceptors (Lipinski definition) is 5. The molecule has 6 heteroatoms. The highest BCUT2D eigenvalue weighted by Gasteiger charge is 2.23. The van der Waals surface area contributed by atoms with Gasteiger partial charge in [0.05, 0.1) is 27.3 Å². The number of aryl methyl sites for hydroxylation is 2. The van der Waals surface area contributed by atoms with Gasteiger partial charge in [-0.1, -0.05) is 29.5 Å². The van der Waals surface area contributed by atoms with Crippen LogP contribution in [0.2, 0.25) is 0 Å². The highest BCUT2D eigenvalue weighted by atomic mass is 32.1. The molecule has 3 heterocycles. The first-order valence-electron chi connectivity index (χ1n) is 8.25. The second-order valence-electron chi connectivity index (χ2n) is 6.04. The molecule has 0 saturated heterocycles. The summed E-state index contributed by atoms with van der Waals surface area (Å²) in [4.78, 5) is 24.7. The van der Waals surface area contributed by atoms with Gasteiger partial charge < -0.3 is 0 Å². The third-order valence-corrected chi connectivity index (χ3v) is 6.23. The van der Waals surface area contributed by atoms with Gasteiger partial charge in [0.15, 0.2) is 5.13 Å². The lowest BCUT2D eigenvalue weighted by atomic mass is 10.1. The molecule has 0 saturated carbocycles. The van der Waals surface area contributed by atoms with E-state index in [1.807, 2.05) is 35.7 Å². The van der Waals surface area contributed by atoms with Gasteiger partial charge >= 0.3 is 0 Å². The van der Waals surface area contributed by atoms with Crippen LogP contribution in [-0.2, 0) is 6.54 Å². The summed E-state index contributed by atoms with van der Waals surface area (Å²) >= 11 is 2.99. The summed E-state index contributed by atoms with van der Waals surface area (Å²) in [6, 6.07) is 13.7. The van der Waals surface area contributed by atoms with E-state index in [1.54, 1.807) is 22.4 Å². The summed E-state index contributed by atoms with van der Waals surface area (Å²) in [5, 5.41) is 2.62. The van der Waals surface area contributed by atoms with Gasteiger partial charge in [-0.05, 0) is 54.6 Å². The first-order chi connectivity index (χ1) is 12.6. The molecule has 0 N–H and O–H groups in total. The molecular weight excluding hydrogens is 362 g/mol. The first kappa shape index (κ1) is 16.9. The van der Waals surface area contributed by atoms with E-state index in [1.165, 1.54) is 16.9 Å². The number of amides is 1. The predicted molar refractivity (Wildman–Crippen MR) is 108 cm³/mol. The molecule has 4 rings (SSSR count). The van der Waals surface area contributed by atoms with Crippen LogP contribution in [0.4, 0.5) is 5.13 Å². The Labute approximate surface area is 159 Å². The van der Waals surface area contributed by atoms with E-state index in [0.717, 1.165) is 21.5 Å². The minimum atomic E-state index is -0.0425. The van der Waals surface area contributed by atoms with Crippen molar-refractivity contribution < 1.29 is 4.79 Å². The summed E-state index contributed by atoms with van der Waals surface area (Å²) in [7, 11) is 0. The molecule has 0 spiro atoms. The maximum absolute atomic E-state index is 13.1. The number of hydrogen-bond donors (Lipinski definition) is 0. The van der Waals surface area contributed by atoms with E-state index < -0.39 is 0 Å². The van der Waals surface area contributed by atoms with E-state index >= 15 is 0 Å². The number of fused-ring (bicyclic) bond motifs is 1. The molecule has 0 aliphatic heterocycles. The molecular formula is C20H17N3OS2. The molecule has 3 aromatic heterocycles. The quantitative estimate of drug-likeness (QED) is 0.488. The monoisotopic (exact) mass is 379 g/mol. The van der Waals surface area contributed by atoms with E-state index in [2.05, 4.69) is 31.0 Å². The Balaban J connectivity index is 1.79. The lowest BCUT2D eigenvalue weighted by Gasteiger charge is -2.18. The van der Waals surface area contributed by atoms with Crippen molar-refractivity contribution in [2.24, 2.45) is 0 Å². The van der Waals surface area contributed by atoms with Crippen molar-refractivity contribution in [3.8, 4) is 0 Å². The lowest BCUT2D eigenvalue weighted by molar-refractivity contribution is 0.0988. The second kappa shape index (κ2) is 6.97. The average molecular weight is 380 g/mol. The average Bonchev–Trinajstić information content (AvgIpc) is 3.33. The minimum absolute atomic E-state index is 0.0425. The maximum atomic E-state index is 13.1. The largest absolute Gasteiger partial charge is 0.277 e. The van der Waals surface area contributed by atoms with Crippen molar-refractivity contribution in [2.45, 2.75) is 20.4 Å². The van der Waals surface area contributed by atoms with Gasteiger partial charge in [-0.2, -0.15) is 0 Å². The van der Waals surface area contributed by atoms with E-state index in [-0.39, 0.29) is 5.91 Å². The second-order valence-corrected chi connectivity index (χ2v) is 8.00. The number of carbonyl (C=O) groups excluding carboxylic acids is 1. The van der Waals surface area contributed by atoms with Crippen LogP contribution in [0.1, 0.15) is 26.5 Å². The van der Waals surface area contributed by atoms with Gasteiger partial charge in [-0.25, -0.2) is 4.98 Å². The number of thiophene rings is 1. The van der Waals surface area contributed by atoms with Crippen LogP contribution in [0.3, 0.4) is 0 Å². The molecule has 0 aliphatic rings. The summed E-state index contributed by atoms with van der Waals surface area (Å²) in [6.45, 7) is 4.55. The number of nitrogens with zero attached hydrogens (tertiary/aromatic N) is 3. The van der Waals surface area contributed by atoms with Crippen LogP contribution in [0.15, 0.2) is 54.0 Å². The molecule has 0 unspecified atom stereocenters. The highest BCUT2D eigenvalue weighted by Crippen LogP contribution is 2.33. The van der Waals surface area contributed by atoms with E-state index in [0.29, 0.717) is 16.6 Å². The number of anilines is 1. The molecule has 0 atom stereocenters. The van der Waals surface area contributed by atoms with Crippen LogP contribution in [0.25, 0.3) is 10.2 Å². The molecule has 0 fully saturated rings. The summed E-state index contributed by atoms with van der Waals surface area (Å²) < 4.78 is 1.09. The Morgan fingerprint density at radius 2 is 2.00 bits per heavy atom. The standard InChI is InChI=1S/C20H17N3OS2/c1-13-8-9-16-18(14(13)2)22-20(26-16)23(12-15-6-3-4-10-21-15)19(24)17-7-5-11-25-17/h3-11H,12H2,1-2H3. The van der Waals surface area contributed by atoms with Crippen LogP contribution in [0.5, 0.6) is 0 Å². The molecule has 1 amide bonds. The number of rotatable bonds is 4. The van der Waals surface area contributed by atoms with Gasteiger partial charge in [0.1, 0.15) is 0 Å². The van der Waals surface area contributed by atoms with Gasteiger partial charge in [-0.3, -0.25) is 14.7 Å². The van der Waals surface area contributed by atoms with E-state index in [9.17, 15) is 4.79 Å². The SMILES string of the molecule is Cc1ccc2sc(N(Cc3ccccn3)C(=O)c3cccs3)nc2c1C. The Kier molecular flexibility index (Phi) is 4.53. The van der Waals surface area contributed by atoms with Crippen LogP contribution < -0.4 is 4.90 Å². The zero-order chi connectivity index (χ0) is 18.1. The fraction of sp³-hybridized carbons (Fsp3) is 0.150. The van der Waals surface area contributed by atoms with Crippen molar-refractivity contribution in [1.82, 2.24) is 9.97 Å². The van der Waals surface area contributed by atoms with Crippen molar-refractivity contribution in [1.29, 1.82) is 0 Å². The molecule has 0 radical (unpaired) electrons. The lowest BCUT2D eigenvalue weighted by Crippen LogP contribution is -2.30. The smallest absolute Gasteiger partial charge is 0.270 e. The normalized spacial score (nSPS) is 11.0. The van der Waals surface area contributed by atoms with Crippen LogP contribution in [-0.4, -0.2) is 15.9 Å². The third-order valence-electron chi connectivity index (χ3n) is 4.33. The number of carbonyl (C=O) groups is 1. The number of aromatic nitrogens is 2. The Morgan fingerprint density at radius 3 is 2.73 bits per heavy atom. The first-order valence-corrected chi connectivity index (χ1v) is 9.95. The van der Waals surface area contributed by atoms with Crippen LogP contribution in [0, 0.1) is 13.8 Å². The number of benzene rings is 1. The molecule has 0 aliphatic carbocycles. The van der Waals surface area contributed by atoms with Crippen molar-refractivity contribution >= 4 is 43.9 Å². The number of pyridine rings is 1. The van der Waals surface area contributed by atoms with Crippen molar-refractivity contribution in [3.63, 3.8) is 0 Å². The van der Waals surface area contributed by atoms with Gasteiger partial charge in [0, 0.05) is 6.20 Å². The third kappa shape index (κ3) is 3.13. The Morgan fingerprint density at radius 1 is 1.12 bits per heavy atom. The molecule has 4 aromatic rings. The summed E-state index contributed by atoms with van der Waals surface area (Å²) in [5.41, 5.74) is 4.17. The maximum Gasteiger partial charge on any atom is 0.270 e. The molecule has 26 heavy (non-hydrogen) atoms. The van der Waals surface area contributed by atoms with Crippen LogP contribution >= 0.6 is 22.7 Å². The van der Waals surface area contributed by atoms with Crippen molar-refractivity contribution in [3.05, 3.63) is 75.7 Å². The zero-order valence-electron chi connectivity index (χ0n) is 14.5. The number of thiazole rings is 1. The minimum Gasteiger partial charge on any atom is -0.277 e. The molecule has 4 nitrogen and oxygen atoms in total. The fourth-order valence-electron chi connectivity index (χ4n) is 2.74. The fourth-order valence-corrected chi connectivity index (χ4v) is 4.44. The van der Waals surface area contributed by atoms with E-state index in [4.69, 9.17) is 4.98 Å². The predicted octanol–water partition coefficient (Wildman–Crippen LogP) is 5.22. The van der Waals surface area contributed by atoms with Gasteiger partial charge in [0.25, 0.3) is 5.91 Å². The highest BCUT2D eigenvalue weighted by molar-refractivity contribution is 7.22. The topological polar surface area (TPSA) is 46.1 Å². The van der Waals surface area contributed by atoms with Crippen molar-refractivity contribution in [2.75, 3.05) is 4.90 Å². The summed E-state index contributed by atoms with van der Waals surface area (Å²) in [6.07, 6.45) is 1.75. The molecule has 1 aromatic carbocycles. The summed E-state index contributed by atoms with van der Waals surface area (Å²) in [5.74, 6) is -0.0425. The van der Waals surface area contributed by atoms with Gasteiger partial charge in [-0.15, -0.1) is 11.3 Å².